The van der Waals surface area contributed by atoms with Crippen molar-refractivity contribution in [3.8, 4) is 5.75 Å². The lowest BCUT2D eigenvalue weighted by Crippen LogP contribution is -1.96. The monoisotopic (exact) mass is 147 g/mol. The highest BCUT2D eigenvalue weighted by atomic mass is 16.5. The predicted octanol–water partition coefficient (Wildman–Crippen LogP) is 1.65. The maximum absolute atomic E-state index is 5.40. The van der Waals surface area contributed by atoms with E-state index in [1.54, 1.807) is 6.21 Å². The summed E-state index contributed by atoms with van der Waals surface area (Å²) in [5.74, 6) is 0.963. The van der Waals surface area contributed by atoms with Crippen molar-refractivity contribution in [2.24, 2.45) is 4.99 Å². The second-order valence-electron chi connectivity index (χ2n) is 2.44. The van der Waals surface area contributed by atoms with E-state index in [1.807, 2.05) is 24.3 Å². The summed E-state index contributed by atoms with van der Waals surface area (Å²) >= 11 is 0. The Hall–Kier alpha value is -1.31. The van der Waals surface area contributed by atoms with Crippen LogP contribution >= 0.6 is 0 Å². The van der Waals surface area contributed by atoms with Crippen molar-refractivity contribution in [2.75, 3.05) is 6.61 Å². The molecule has 0 atom stereocenters. The molecule has 1 aliphatic heterocycles. The maximum Gasteiger partial charge on any atom is 0.124 e. The Labute approximate surface area is 65.5 Å². The Balaban J connectivity index is 2.40. The van der Waals surface area contributed by atoms with E-state index in [9.17, 15) is 0 Å². The zero-order valence-corrected chi connectivity index (χ0v) is 6.16. The van der Waals surface area contributed by atoms with Gasteiger partial charge in [-0.05, 0) is 6.07 Å². The molecule has 0 N–H and O–H groups in total. The number of fused-ring (bicyclic) bond motifs is 1. The molecule has 1 aromatic rings. The number of hydrogen-bond acceptors (Lipinski definition) is 2. The molecule has 11 heavy (non-hydrogen) atoms. The first-order chi connectivity index (χ1) is 5.47. The van der Waals surface area contributed by atoms with Gasteiger partial charge < -0.3 is 4.74 Å². The summed E-state index contributed by atoms with van der Waals surface area (Å²) < 4.78 is 5.40. The lowest BCUT2D eigenvalue weighted by molar-refractivity contribution is 0.380. The molecule has 1 heterocycles. The van der Waals surface area contributed by atoms with Crippen LogP contribution in [0.1, 0.15) is 5.56 Å². The molecule has 56 valence electrons. The largest absolute Gasteiger partial charge is 0.488 e. The van der Waals surface area contributed by atoms with E-state index in [1.165, 1.54) is 5.56 Å². The molecule has 2 nitrogen and oxygen atoms in total. The quantitative estimate of drug-likeness (QED) is 0.546. The van der Waals surface area contributed by atoms with Gasteiger partial charge in [-0.2, -0.15) is 0 Å². The second kappa shape index (κ2) is 2.74. The van der Waals surface area contributed by atoms with Crippen LogP contribution < -0.4 is 4.74 Å². The SMILES string of the molecule is C1=NCc2ccccc2OC1. The summed E-state index contributed by atoms with van der Waals surface area (Å²) in [6.07, 6.45) is 1.81. The fourth-order valence-electron chi connectivity index (χ4n) is 1.12. The van der Waals surface area contributed by atoms with Gasteiger partial charge in [-0.25, -0.2) is 0 Å². The van der Waals surface area contributed by atoms with Crippen LogP contribution in [-0.4, -0.2) is 12.8 Å². The molecular weight excluding hydrogens is 138 g/mol. The first-order valence-corrected chi connectivity index (χ1v) is 3.66. The van der Waals surface area contributed by atoms with Gasteiger partial charge in [0, 0.05) is 11.8 Å². The summed E-state index contributed by atoms with van der Waals surface area (Å²) in [4.78, 5) is 4.16. The minimum atomic E-state index is 0.594. The lowest BCUT2D eigenvalue weighted by atomic mass is 10.2. The third-order valence-corrected chi connectivity index (χ3v) is 1.68. The lowest BCUT2D eigenvalue weighted by Gasteiger charge is -2.03. The highest BCUT2D eigenvalue weighted by Gasteiger charge is 2.02. The highest BCUT2D eigenvalue weighted by molar-refractivity contribution is 5.60. The molecule has 0 fully saturated rings. The van der Waals surface area contributed by atoms with Gasteiger partial charge in [0.1, 0.15) is 12.4 Å². The number of nitrogens with zero attached hydrogens (tertiary/aromatic N) is 1. The molecule has 0 radical (unpaired) electrons. The first kappa shape index (κ1) is 6.40. The van der Waals surface area contributed by atoms with Gasteiger partial charge in [0.25, 0.3) is 0 Å². The average molecular weight is 147 g/mol. The van der Waals surface area contributed by atoms with Crippen molar-refractivity contribution in [1.29, 1.82) is 0 Å². The van der Waals surface area contributed by atoms with Gasteiger partial charge in [0.15, 0.2) is 0 Å². The van der Waals surface area contributed by atoms with E-state index in [4.69, 9.17) is 4.74 Å². The minimum absolute atomic E-state index is 0.594. The molecule has 0 aliphatic carbocycles. The van der Waals surface area contributed by atoms with Crippen LogP contribution in [-0.2, 0) is 6.54 Å². The van der Waals surface area contributed by atoms with Crippen LogP contribution in [0.25, 0.3) is 0 Å². The van der Waals surface area contributed by atoms with Crippen molar-refractivity contribution < 1.29 is 4.74 Å². The molecule has 1 aliphatic rings. The van der Waals surface area contributed by atoms with Crippen molar-refractivity contribution in [3.63, 3.8) is 0 Å². The summed E-state index contributed by atoms with van der Waals surface area (Å²) in [5, 5.41) is 0. The Bertz CT molecular complexity index is 281. The molecule has 0 saturated carbocycles. The topological polar surface area (TPSA) is 21.6 Å². The van der Waals surface area contributed by atoms with Crippen molar-refractivity contribution in [1.82, 2.24) is 0 Å². The van der Waals surface area contributed by atoms with Gasteiger partial charge in [-0.1, -0.05) is 18.2 Å². The molecule has 1 aromatic carbocycles. The van der Waals surface area contributed by atoms with Gasteiger partial charge in [0.2, 0.25) is 0 Å². The number of aliphatic imine (C=N–C) groups is 1. The predicted molar refractivity (Wildman–Crippen MR) is 44.1 cm³/mol. The third-order valence-electron chi connectivity index (χ3n) is 1.68. The molecule has 0 aromatic heterocycles. The maximum atomic E-state index is 5.40. The molecule has 2 heteroatoms. The van der Waals surface area contributed by atoms with E-state index in [0.29, 0.717) is 6.61 Å². The number of hydrogen-bond donors (Lipinski definition) is 0. The minimum Gasteiger partial charge on any atom is -0.488 e. The van der Waals surface area contributed by atoms with Crippen molar-refractivity contribution >= 4 is 6.21 Å². The van der Waals surface area contributed by atoms with E-state index in [0.717, 1.165) is 12.3 Å². The number of rotatable bonds is 0. The summed E-state index contributed by atoms with van der Waals surface area (Å²) in [6.45, 7) is 1.34. The van der Waals surface area contributed by atoms with Crippen LogP contribution in [0.5, 0.6) is 5.75 Å². The fourth-order valence-corrected chi connectivity index (χ4v) is 1.12. The highest BCUT2D eigenvalue weighted by Crippen LogP contribution is 2.19. The Morgan fingerprint density at radius 1 is 1.27 bits per heavy atom. The van der Waals surface area contributed by atoms with E-state index < -0.39 is 0 Å². The van der Waals surface area contributed by atoms with Crippen LogP contribution in [0.2, 0.25) is 0 Å². The average Bonchev–Trinajstić information content (AvgIpc) is 2.28. The van der Waals surface area contributed by atoms with Crippen LogP contribution in [0, 0.1) is 0 Å². The van der Waals surface area contributed by atoms with E-state index in [-0.39, 0.29) is 0 Å². The molecule has 0 amide bonds. The van der Waals surface area contributed by atoms with Crippen molar-refractivity contribution in [2.45, 2.75) is 6.54 Å². The molecule has 2 rings (SSSR count). The Morgan fingerprint density at radius 2 is 2.18 bits per heavy atom. The molecule has 0 bridgehead atoms. The summed E-state index contributed by atoms with van der Waals surface area (Å²) in [7, 11) is 0. The van der Waals surface area contributed by atoms with E-state index in [2.05, 4.69) is 4.99 Å². The smallest absolute Gasteiger partial charge is 0.124 e. The van der Waals surface area contributed by atoms with Crippen LogP contribution in [0.3, 0.4) is 0 Å². The van der Waals surface area contributed by atoms with Crippen molar-refractivity contribution in [3.05, 3.63) is 29.8 Å². The third kappa shape index (κ3) is 1.24. The zero-order valence-electron chi connectivity index (χ0n) is 6.16. The Kier molecular flexibility index (Phi) is 1.60. The second-order valence-corrected chi connectivity index (χ2v) is 2.44. The van der Waals surface area contributed by atoms with Crippen LogP contribution in [0.4, 0.5) is 0 Å². The molecular formula is C9H9NO. The summed E-state index contributed by atoms with van der Waals surface area (Å²) in [6, 6.07) is 8.00. The first-order valence-electron chi connectivity index (χ1n) is 3.66. The zero-order chi connectivity index (χ0) is 7.52. The Morgan fingerprint density at radius 3 is 3.18 bits per heavy atom. The molecule has 0 unspecified atom stereocenters. The number of para-hydroxylation sites is 1. The van der Waals surface area contributed by atoms with Gasteiger partial charge in [0.05, 0.1) is 6.54 Å². The van der Waals surface area contributed by atoms with E-state index >= 15 is 0 Å². The molecule has 0 spiro atoms. The van der Waals surface area contributed by atoms with Gasteiger partial charge in [-0.3, -0.25) is 4.99 Å². The molecule has 0 saturated heterocycles. The number of benzene rings is 1. The summed E-state index contributed by atoms with van der Waals surface area (Å²) in [5.41, 5.74) is 1.17. The van der Waals surface area contributed by atoms with Crippen LogP contribution in [0.15, 0.2) is 29.3 Å². The standard InChI is InChI=1S/C9H9NO/c1-2-4-9-8(3-1)7-10-5-6-11-9/h1-5H,6-7H2. The van der Waals surface area contributed by atoms with Gasteiger partial charge >= 0.3 is 0 Å². The fraction of sp³-hybridized carbons (Fsp3) is 0.222. The number of ether oxygens (including phenoxy) is 1. The van der Waals surface area contributed by atoms with Gasteiger partial charge in [-0.15, -0.1) is 0 Å². The normalized spacial score (nSPS) is 14.9.